The zero-order valence-corrected chi connectivity index (χ0v) is 13.5. The third kappa shape index (κ3) is 4.06. The summed E-state index contributed by atoms with van der Waals surface area (Å²) in [6.45, 7) is 2.64. The third-order valence-electron chi connectivity index (χ3n) is 2.77. The van der Waals surface area contributed by atoms with Crippen LogP contribution in [0.2, 0.25) is 10.0 Å². The van der Waals surface area contributed by atoms with Gasteiger partial charge < -0.3 is 10.1 Å². The van der Waals surface area contributed by atoms with E-state index < -0.39 is 0 Å². The number of ether oxygens (including phenoxy) is 1. The van der Waals surface area contributed by atoms with Crippen LogP contribution in [0.5, 0.6) is 0 Å². The molecule has 7 heteroatoms. The van der Waals surface area contributed by atoms with Crippen molar-refractivity contribution in [3.05, 3.63) is 39.6 Å². The molecule has 0 fully saturated rings. The van der Waals surface area contributed by atoms with Crippen molar-refractivity contribution in [2.75, 3.05) is 19.0 Å². The van der Waals surface area contributed by atoms with Crippen LogP contribution in [0.3, 0.4) is 0 Å². The number of aromatic nitrogens is 2. The molecule has 0 aliphatic carbocycles. The number of nitrogens with zero attached hydrogens (tertiary/aromatic N) is 2. The summed E-state index contributed by atoms with van der Waals surface area (Å²) >= 11 is 13.4. The van der Waals surface area contributed by atoms with E-state index in [2.05, 4.69) is 14.7 Å². The first-order valence-electron chi connectivity index (χ1n) is 6.13. The Labute approximate surface area is 132 Å². The van der Waals surface area contributed by atoms with E-state index >= 15 is 0 Å². The molecule has 2 rings (SSSR count). The summed E-state index contributed by atoms with van der Waals surface area (Å²) in [7, 11) is 1.66. The largest absolute Gasteiger partial charge is 0.384 e. The number of halogens is 2. The van der Waals surface area contributed by atoms with Gasteiger partial charge in [-0.2, -0.15) is 4.37 Å². The van der Waals surface area contributed by atoms with E-state index in [1.165, 1.54) is 11.5 Å². The fourth-order valence-electron chi connectivity index (χ4n) is 1.72. The molecular formula is C13H15Cl2N3OS. The quantitative estimate of drug-likeness (QED) is 0.861. The van der Waals surface area contributed by atoms with Gasteiger partial charge in [-0.25, -0.2) is 4.98 Å². The van der Waals surface area contributed by atoms with Gasteiger partial charge in [0.2, 0.25) is 5.13 Å². The molecule has 2 aromatic rings. The number of hydrogen-bond donors (Lipinski definition) is 1. The third-order valence-corrected chi connectivity index (χ3v) is 4.01. The van der Waals surface area contributed by atoms with Gasteiger partial charge >= 0.3 is 0 Å². The molecule has 1 heterocycles. The summed E-state index contributed by atoms with van der Waals surface area (Å²) in [5.41, 5.74) is 0.977. The number of hydrogen-bond acceptors (Lipinski definition) is 5. The molecule has 0 aliphatic heterocycles. The number of anilines is 1. The van der Waals surface area contributed by atoms with Crippen LogP contribution in [0, 0.1) is 0 Å². The van der Waals surface area contributed by atoms with Crippen LogP contribution in [0.4, 0.5) is 5.13 Å². The van der Waals surface area contributed by atoms with Crippen molar-refractivity contribution >= 4 is 39.9 Å². The molecule has 0 saturated heterocycles. The highest BCUT2D eigenvalue weighted by molar-refractivity contribution is 7.09. The van der Waals surface area contributed by atoms with Crippen molar-refractivity contribution in [1.82, 2.24) is 9.36 Å². The molecule has 108 valence electrons. The lowest BCUT2D eigenvalue weighted by molar-refractivity contribution is 0.201. The predicted molar refractivity (Wildman–Crippen MR) is 84.0 cm³/mol. The van der Waals surface area contributed by atoms with Gasteiger partial charge in [-0.05, 0) is 24.6 Å². The lowest BCUT2D eigenvalue weighted by atomic mass is 10.1. The zero-order chi connectivity index (χ0) is 14.5. The Kier molecular flexibility index (Phi) is 5.60. The summed E-state index contributed by atoms with van der Waals surface area (Å²) in [5, 5.41) is 5.33. The number of nitrogens with one attached hydrogen (secondary N) is 1. The lowest BCUT2D eigenvalue weighted by Crippen LogP contribution is -2.07. The monoisotopic (exact) mass is 331 g/mol. The first kappa shape index (κ1) is 15.5. The molecule has 4 nitrogen and oxygen atoms in total. The summed E-state index contributed by atoms with van der Waals surface area (Å²) in [6.07, 6.45) is 0.713. The Balaban J connectivity index is 2.03. The second kappa shape index (κ2) is 7.22. The zero-order valence-electron chi connectivity index (χ0n) is 11.2. The van der Waals surface area contributed by atoms with E-state index in [4.69, 9.17) is 27.9 Å². The summed E-state index contributed by atoms with van der Waals surface area (Å²) in [4.78, 5) is 4.41. The molecule has 0 amide bonds. The maximum atomic E-state index is 6.19. The number of rotatable bonds is 6. The van der Waals surface area contributed by atoms with E-state index in [0.29, 0.717) is 23.1 Å². The molecule has 1 atom stereocenters. The van der Waals surface area contributed by atoms with Gasteiger partial charge in [0.15, 0.2) is 0 Å². The summed E-state index contributed by atoms with van der Waals surface area (Å²) in [5.74, 6) is 0.786. The second-order valence-corrected chi connectivity index (χ2v) is 5.89. The Morgan fingerprint density at radius 1 is 1.40 bits per heavy atom. The van der Waals surface area contributed by atoms with Crippen LogP contribution in [-0.4, -0.2) is 23.1 Å². The molecule has 0 spiro atoms. The molecule has 20 heavy (non-hydrogen) atoms. The lowest BCUT2D eigenvalue weighted by Gasteiger charge is -2.14. The van der Waals surface area contributed by atoms with Crippen molar-refractivity contribution < 1.29 is 4.74 Å². The Morgan fingerprint density at radius 2 is 2.20 bits per heavy atom. The van der Waals surface area contributed by atoms with E-state index in [1.807, 2.05) is 19.1 Å². The second-order valence-electron chi connectivity index (χ2n) is 4.29. The van der Waals surface area contributed by atoms with Crippen molar-refractivity contribution in [2.45, 2.75) is 19.4 Å². The molecule has 0 radical (unpaired) electrons. The van der Waals surface area contributed by atoms with Gasteiger partial charge in [-0.3, -0.25) is 0 Å². The molecule has 0 aliphatic rings. The predicted octanol–water partition coefficient (Wildman–Crippen LogP) is 4.21. The molecule has 1 aromatic heterocycles. The Hall–Kier alpha value is -0.880. The molecule has 0 unspecified atom stereocenters. The van der Waals surface area contributed by atoms with E-state index in [-0.39, 0.29) is 6.04 Å². The van der Waals surface area contributed by atoms with Crippen LogP contribution in [0.1, 0.15) is 24.4 Å². The first-order valence-corrected chi connectivity index (χ1v) is 7.66. The smallest absolute Gasteiger partial charge is 0.203 e. The fourth-order valence-corrected chi connectivity index (χ4v) is 2.99. The van der Waals surface area contributed by atoms with E-state index in [1.54, 1.807) is 13.2 Å². The molecule has 0 bridgehead atoms. The SMILES string of the molecule is COCCc1nsc(N[C@@H](C)c2ccc(Cl)cc2Cl)n1. The van der Waals surface area contributed by atoms with Gasteiger partial charge in [-0.15, -0.1) is 0 Å². The highest BCUT2D eigenvalue weighted by Gasteiger charge is 2.12. The van der Waals surface area contributed by atoms with Gasteiger partial charge in [0, 0.05) is 35.1 Å². The van der Waals surface area contributed by atoms with Crippen LogP contribution < -0.4 is 5.32 Å². The van der Waals surface area contributed by atoms with Crippen molar-refractivity contribution in [1.29, 1.82) is 0 Å². The van der Waals surface area contributed by atoms with E-state index in [0.717, 1.165) is 16.5 Å². The van der Waals surface area contributed by atoms with Gasteiger partial charge in [-0.1, -0.05) is 29.3 Å². The van der Waals surface area contributed by atoms with Crippen molar-refractivity contribution in [3.8, 4) is 0 Å². The minimum absolute atomic E-state index is 0.0305. The standard InChI is InChI=1S/C13H15Cl2N3OS/c1-8(10-4-3-9(14)7-11(10)15)16-13-17-12(18-20-13)5-6-19-2/h3-4,7-8H,5-6H2,1-2H3,(H,16,17,18)/t8-/m0/s1. The minimum atomic E-state index is 0.0305. The van der Waals surface area contributed by atoms with Crippen molar-refractivity contribution in [3.63, 3.8) is 0 Å². The van der Waals surface area contributed by atoms with Gasteiger partial charge in [0.05, 0.1) is 12.6 Å². The van der Waals surface area contributed by atoms with Crippen LogP contribution in [0.25, 0.3) is 0 Å². The number of methoxy groups -OCH3 is 1. The summed E-state index contributed by atoms with van der Waals surface area (Å²) < 4.78 is 9.28. The molecular weight excluding hydrogens is 317 g/mol. The molecule has 1 aromatic carbocycles. The minimum Gasteiger partial charge on any atom is -0.384 e. The average molecular weight is 332 g/mol. The Bertz CT molecular complexity index is 576. The van der Waals surface area contributed by atoms with Crippen LogP contribution in [-0.2, 0) is 11.2 Å². The average Bonchev–Trinajstić information content (AvgIpc) is 2.83. The van der Waals surface area contributed by atoms with Crippen LogP contribution >= 0.6 is 34.7 Å². The summed E-state index contributed by atoms with van der Waals surface area (Å²) in [6, 6.07) is 5.50. The Morgan fingerprint density at radius 3 is 2.90 bits per heavy atom. The highest BCUT2D eigenvalue weighted by atomic mass is 35.5. The van der Waals surface area contributed by atoms with Crippen molar-refractivity contribution in [2.24, 2.45) is 0 Å². The maximum Gasteiger partial charge on any atom is 0.203 e. The van der Waals surface area contributed by atoms with Gasteiger partial charge in [0.25, 0.3) is 0 Å². The maximum absolute atomic E-state index is 6.19. The highest BCUT2D eigenvalue weighted by Crippen LogP contribution is 2.28. The fraction of sp³-hybridized carbons (Fsp3) is 0.385. The number of benzene rings is 1. The van der Waals surface area contributed by atoms with Crippen LogP contribution in [0.15, 0.2) is 18.2 Å². The normalized spacial score (nSPS) is 12.4. The van der Waals surface area contributed by atoms with E-state index in [9.17, 15) is 0 Å². The van der Waals surface area contributed by atoms with Gasteiger partial charge in [0.1, 0.15) is 5.82 Å². The molecule has 0 saturated carbocycles. The topological polar surface area (TPSA) is 47.0 Å². The molecule has 1 N–H and O–H groups in total. The first-order chi connectivity index (χ1) is 9.60.